The Morgan fingerprint density at radius 3 is 2.53 bits per heavy atom. The maximum atomic E-state index is 5.51. The van der Waals surface area contributed by atoms with E-state index >= 15 is 0 Å². The summed E-state index contributed by atoms with van der Waals surface area (Å²) < 4.78 is 0. The third-order valence-electron chi connectivity index (χ3n) is 7.38. The third kappa shape index (κ3) is 5.22. The fourth-order valence-electron chi connectivity index (χ4n) is 5.61. The molecule has 4 saturated heterocycles. The zero-order valence-electron chi connectivity index (χ0n) is 18.7. The number of fused-ring (bicyclic) bond motifs is 3. The molecule has 0 radical (unpaired) electrons. The average Bonchev–Trinajstić information content (AvgIpc) is 2.85. The summed E-state index contributed by atoms with van der Waals surface area (Å²) in [7, 11) is 0. The normalized spacial score (nSPS) is 27.8. The van der Waals surface area contributed by atoms with E-state index in [-0.39, 0.29) is 0 Å². The Kier molecular flexibility index (Phi) is 6.86. The van der Waals surface area contributed by atoms with Crippen LogP contribution in [0.1, 0.15) is 12.8 Å². The van der Waals surface area contributed by atoms with Crippen molar-refractivity contribution >= 4 is 28.8 Å². The first-order valence-electron chi connectivity index (χ1n) is 12.0. The zero-order chi connectivity index (χ0) is 21.8. The summed E-state index contributed by atoms with van der Waals surface area (Å²) in [5, 5.41) is 7.47. The number of rotatable bonds is 6. The van der Waals surface area contributed by atoms with Crippen LogP contribution in [-0.4, -0.2) is 78.3 Å². The molecular formula is C25H34N6S. The van der Waals surface area contributed by atoms with Crippen LogP contribution in [0.25, 0.3) is 0 Å². The van der Waals surface area contributed by atoms with Crippen molar-refractivity contribution in [2.45, 2.75) is 18.9 Å². The van der Waals surface area contributed by atoms with Gasteiger partial charge in [0.25, 0.3) is 0 Å². The fraction of sp³-hybridized carbons (Fsp3) is 0.520. The monoisotopic (exact) mass is 450 g/mol. The highest BCUT2D eigenvalue weighted by Crippen LogP contribution is 2.36. The summed E-state index contributed by atoms with van der Waals surface area (Å²) in [4.78, 5) is 12.3. The SMILES string of the molecule is S=C(NC[C@H]1C[C@@H]2CCN1C[C@@H]2CN1CCN(c2ccccn2)CC1)Nc1ccccc1. The number of hydrogen-bond donors (Lipinski definition) is 2. The fourth-order valence-corrected chi connectivity index (χ4v) is 5.81. The molecule has 6 rings (SSSR count). The molecule has 32 heavy (non-hydrogen) atoms. The number of piperazine rings is 1. The molecule has 4 atom stereocenters. The number of piperidine rings is 3. The van der Waals surface area contributed by atoms with Gasteiger partial charge in [0.15, 0.2) is 5.11 Å². The standard InChI is InChI=1S/C25H34N6S/c32-25(28-22-6-2-1-3-7-22)27-17-23-16-20-9-11-31(23)19-21(20)18-29-12-14-30(15-13-29)24-8-4-5-10-26-24/h1-8,10,20-21,23H,9,11-19H2,(H2,27,28,32)/t20-,21-,23+/m0/s1. The van der Waals surface area contributed by atoms with Gasteiger partial charge in [0, 0.05) is 63.7 Å². The van der Waals surface area contributed by atoms with Gasteiger partial charge in [-0.05, 0) is 67.7 Å². The van der Waals surface area contributed by atoms with E-state index < -0.39 is 0 Å². The summed E-state index contributed by atoms with van der Waals surface area (Å²) in [6.45, 7) is 9.09. The van der Waals surface area contributed by atoms with E-state index in [0.29, 0.717) is 6.04 Å². The van der Waals surface area contributed by atoms with Crippen LogP contribution in [0.2, 0.25) is 0 Å². The minimum absolute atomic E-state index is 0.599. The van der Waals surface area contributed by atoms with Gasteiger partial charge in [0.1, 0.15) is 5.82 Å². The number of thiocarbonyl (C=S) groups is 1. The smallest absolute Gasteiger partial charge is 0.170 e. The highest BCUT2D eigenvalue weighted by atomic mass is 32.1. The molecule has 4 aliphatic rings. The van der Waals surface area contributed by atoms with Crippen molar-refractivity contribution in [1.82, 2.24) is 20.1 Å². The number of para-hydroxylation sites is 1. The minimum atomic E-state index is 0.599. The highest BCUT2D eigenvalue weighted by molar-refractivity contribution is 7.80. The van der Waals surface area contributed by atoms with Crippen LogP contribution >= 0.6 is 12.2 Å². The molecule has 1 aromatic carbocycles. The summed E-state index contributed by atoms with van der Waals surface area (Å²) in [5.74, 6) is 2.76. The van der Waals surface area contributed by atoms with Gasteiger partial charge in [0.05, 0.1) is 0 Å². The van der Waals surface area contributed by atoms with Crippen molar-refractivity contribution in [2.75, 3.05) is 62.6 Å². The van der Waals surface area contributed by atoms with Gasteiger partial charge in [-0.25, -0.2) is 4.98 Å². The summed E-state index contributed by atoms with van der Waals surface area (Å²) in [5.41, 5.74) is 1.04. The van der Waals surface area contributed by atoms with Crippen molar-refractivity contribution in [2.24, 2.45) is 11.8 Å². The summed E-state index contributed by atoms with van der Waals surface area (Å²) in [6, 6.07) is 16.9. The maximum Gasteiger partial charge on any atom is 0.170 e. The van der Waals surface area contributed by atoms with E-state index in [1.165, 1.54) is 32.5 Å². The lowest BCUT2D eigenvalue weighted by Crippen LogP contribution is -2.59. The van der Waals surface area contributed by atoms with E-state index in [1.54, 1.807) is 0 Å². The van der Waals surface area contributed by atoms with Crippen LogP contribution < -0.4 is 15.5 Å². The Labute approximate surface area is 197 Å². The van der Waals surface area contributed by atoms with Crippen LogP contribution in [0.5, 0.6) is 0 Å². The molecule has 4 aliphatic heterocycles. The van der Waals surface area contributed by atoms with Crippen LogP contribution in [0.15, 0.2) is 54.7 Å². The number of nitrogens with zero attached hydrogens (tertiary/aromatic N) is 4. The first-order chi connectivity index (χ1) is 15.7. The summed E-state index contributed by atoms with van der Waals surface area (Å²) >= 11 is 5.51. The summed E-state index contributed by atoms with van der Waals surface area (Å²) in [6.07, 6.45) is 4.53. The number of nitrogens with one attached hydrogen (secondary N) is 2. The van der Waals surface area contributed by atoms with E-state index in [2.05, 4.69) is 42.5 Å². The van der Waals surface area contributed by atoms with Crippen molar-refractivity contribution in [3.05, 3.63) is 54.7 Å². The van der Waals surface area contributed by atoms with E-state index in [4.69, 9.17) is 12.2 Å². The largest absolute Gasteiger partial charge is 0.361 e. The van der Waals surface area contributed by atoms with Crippen LogP contribution in [0, 0.1) is 11.8 Å². The second-order valence-corrected chi connectivity index (χ2v) is 9.78. The van der Waals surface area contributed by atoms with E-state index in [1.807, 2.05) is 42.6 Å². The molecule has 170 valence electrons. The van der Waals surface area contributed by atoms with Crippen LogP contribution in [0.4, 0.5) is 11.5 Å². The molecule has 0 amide bonds. The number of aromatic nitrogens is 1. The Hall–Kier alpha value is -2.22. The number of pyridine rings is 1. The molecule has 6 nitrogen and oxygen atoms in total. The molecule has 5 heterocycles. The second kappa shape index (κ2) is 10.1. The maximum absolute atomic E-state index is 5.51. The van der Waals surface area contributed by atoms with E-state index in [0.717, 1.165) is 61.2 Å². The Morgan fingerprint density at radius 1 is 1.00 bits per heavy atom. The lowest BCUT2D eigenvalue weighted by atomic mass is 9.75. The van der Waals surface area contributed by atoms with Crippen molar-refractivity contribution in [1.29, 1.82) is 0 Å². The number of hydrogen-bond acceptors (Lipinski definition) is 5. The molecule has 1 unspecified atom stereocenters. The molecule has 2 aromatic rings. The lowest BCUT2D eigenvalue weighted by Gasteiger charge is -2.51. The molecule has 0 aliphatic carbocycles. The third-order valence-corrected chi connectivity index (χ3v) is 7.63. The molecule has 7 heteroatoms. The molecule has 1 aromatic heterocycles. The first kappa shape index (κ1) is 21.6. The minimum Gasteiger partial charge on any atom is -0.361 e. The van der Waals surface area contributed by atoms with Gasteiger partial charge < -0.3 is 15.5 Å². The van der Waals surface area contributed by atoms with Gasteiger partial charge in [-0.3, -0.25) is 9.80 Å². The second-order valence-electron chi connectivity index (χ2n) is 9.37. The quantitative estimate of drug-likeness (QED) is 0.656. The molecular weight excluding hydrogens is 416 g/mol. The van der Waals surface area contributed by atoms with Gasteiger partial charge in [-0.1, -0.05) is 24.3 Å². The predicted octanol–water partition coefficient (Wildman–Crippen LogP) is 2.90. The van der Waals surface area contributed by atoms with E-state index in [9.17, 15) is 0 Å². The Balaban J connectivity index is 1.06. The van der Waals surface area contributed by atoms with Gasteiger partial charge >= 0.3 is 0 Å². The van der Waals surface area contributed by atoms with Gasteiger partial charge in [-0.2, -0.15) is 0 Å². The van der Waals surface area contributed by atoms with Crippen molar-refractivity contribution < 1.29 is 0 Å². The zero-order valence-corrected chi connectivity index (χ0v) is 19.5. The number of anilines is 2. The highest BCUT2D eigenvalue weighted by Gasteiger charge is 2.40. The van der Waals surface area contributed by atoms with Crippen LogP contribution in [0.3, 0.4) is 0 Å². The predicted molar refractivity (Wildman–Crippen MR) is 135 cm³/mol. The first-order valence-corrected chi connectivity index (χ1v) is 12.4. The lowest BCUT2D eigenvalue weighted by molar-refractivity contribution is -0.0110. The Morgan fingerprint density at radius 2 is 1.81 bits per heavy atom. The molecule has 0 saturated carbocycles. The molecule has 4 fully saturated rings. The Bertz CT molecular complexity index is 871. The topological polar surface area (TPSA) is 46.7 Å². The van der Waals surface area contributed by atoms with Crippen molar-refractivity contribution in [3.8, 4) is 0 Å². The molecule has 0 spiro atoms. The van der Waals surface area contributed by atoms with Crippen molar-refractivity contribution in [3.63, 3.8) is 0 Å². The molecule has 2 N–H and O–H groups in total. The van der Waals surface area contributed by atoms with Gasteiger partial charge in [0.2, 0.25) is 0 Å². The average molecular weight is 451 g/mol. The van der Waals surface area contributed by atoms with Gasteiger partial charge in [-0.15, -0.1) is 0 Å². The van der Waals surface area contributed by atoms with Crippen LogP contribution in [-0.2, 0) is 0 Å². The number of benzene rings is 1. The molecule has 2 bridgehead atoms.